The van der Waals surface area contributed by atoms with Gasteiger partial charge < -0.3 is 15.2 Å². The van der Waals surface area contributed by atoms with E-state index in [0.29, 0.717) is 12.5 Å². The van der Waals surface area contributed by atoms with Crippen LogP contribution in [0.3, 0.4) is 0 Å². The topological polar surface area (TPSA) is 47.1 Å². The first-order chi connectivity index (χ1) is 12.2. The van der Waals surface area contributed by atoms with Crippen LogP contribution in [0.25, 0.3) is 11.3 Å². The van der Waals surface area contributed by atoms with Crippen LogP contribution in [-0.2, 0) is 12.1 Å². The maximum Gasteiger partial charge on any atom is 0.135 e. The van der Waals surface area contributed by atoms with Crippen LogP contribution >= 0.6 is 0 Å². The molecule has 3 rings (SSSR count). The maximum atomic E-state index is 13.6. The lowest BCUT2D eigenvalue weighted by molar-refractivity contribution is 0.116. The zero-order chi connectivity index (χ0) is 19.2. The summed E-state index contributed by atoms with van der Waals surface area (Å²) in [6.07, 6.45) is 0. The smallest absolute Gasteiger partial charge is 0.135 e. The number of nitrogens with two attached hydrogens (primary N) is 1. The molecule has 0 atom stereocenters. The highest BCUT2D eigenvalue weighted by Crippen LogP contribution is 2.40. The molecule has 26 heavy (non-hydrogen) atoms. The van der Waals surface area contributed by atoms with Crippen molar-refractivity contribution in [2.45, 2.75) is 52.6 Å². The van der Waals surface area contributed by atoms with Crippen LogP contribution in [0.15, 0.2) is 30.5 Å². The van der Waals surface area contributed by atoms with Crippen molar-refractivity contribution < 1.29 is 4.39 Å². The number of aromatic nitrogens is 2. The summed E-state index contributed by atoms with van der Waals surface area (Å²) < 4.78 is 15.9. The fraction of sp³-hybridized carbons (Fsp3) is 0.476. The fourth-order valence-corrected chi connectivity index (χ4v) is 4.10. The molecule has 2 heterocycles. The zero-order valence-electron chi connectivity index (χ0n) is 16.4. The first-order valence-corrected chi connectivity index (χ1v) is 9.21. The number of rotatable bonds is 4. The summed E-state index contributed by atoms with van der Waals surface area (Å²) in [5, 5.41) is 0. The minimum atomic E-state index is -0.301. The molecule has 0 spiro atoms. The summed E-state index contributed by atoms with van der Waals surface area (Å²) in [5.41, 5.74) is 10.5. The van der Waals surface area contributed by atoms with Crippen molar-refractivity contribution in [3.05, 3.63) is 53.4 Å². The number of imidazole rings is 1. The van der Waals surface area contributed by atoms with E-state index >= 15 is 0 Å². The van der Waals surface area contributed by atoms with Gasteiger partial charge in [0.25, 0.3) is 0 Å². The van der Waals surface area contributed by atoms with Gasteiger partial charge in [0.1, 0.15) is 11.6 Å². The zero-order valence-corrected chi connectivity index (χ0v) is 16.4. The van der Waals surface area contributed by atoms with E-state index in [-0.39, 0.29) is 11.4 Å². The molecule has 0 radical (unpaired) electrons. The van der Waals surface area contributed by atoms with Gasteiger partial charge in [-0.05, 0) is 50.5 Å². The molecule has 140 valence electrons. The summed E-state index contributed by atoms with van der Waals surface area (Å²) in [6, 6.07) is 4.93. The van der Waals surface area contributed by atoms with Crippen molar-refractivity contribution in [1.82, 2.24) is 14.5 Å². The van der Waals surface area contributed by atoms with E-state index in [0.717, 1.165) is 41.4 Å². The Morgan fingerprint density at radius 3 is 2.62 bits per heavy atom. The molecule has 0 unspecified atom stereocenters. The Labute approximate surface area is 155 Å². The van der Waals surface area contributed by atoms with Gasteiger partial charge in [0, 0.05) is 36.6 Å². The molecule has 1 aromatic heterocycles. The number of halogens is 1. The molecule has 1 aliphatic rings. The number of nitrogens with zero attached hydrogens (tertiary/aromatic N) is 3. The highest BCUT2D eigenvalue weighted by Gasteiger charge is 2.39. The number of hydrogen-bond acceptors (Lipinski definition) is 3. The molecule has 1 aromatic carbocycles. The summed E-state index contributed by atoms with van der Waals surface area (Å²) in [5.74, 6) is 1.11. The molecule has 5 heteroatoms. The van der Waals surface area contributed by atoms with Gasteiger partial charge in [0.2, 0.25) is 0 Å². The van der Waals surface area contributed by atoms with Gasteiger partial charge >= 0.3 is 0 Å². The fourth-order valence-electron chi connectivity index (χ4n) is 4.10. The lowest BCUT2D eigenvalue weighted by Crippen LogP contribution is -2.49. The van der Waals surface area contributed by atoms with Crippen molar-refractivity contribution in [1.29, 1.82) is 0 Å². The quantitative estimate of drug-likeness (QED) is 0.895. The summed E-state index contributed by atoms with van der Waals surface area (Å²) in [7, 11) is 0. The molecule has 4 nitrogen and oxygen atoms in total. The summed E-state index contributed by atoms with van der Waals surface area (Å²) in [6.45, 7) is 16.9. The van der Waals surface area contributed by atoms with Crippen molar-refractivity contribution in [2.75, 3.05) is 13.1 Å². The van der Waals surface area contributed by atoms with E-state index in [1.54, 1.807) is 6.07 Å². The second-order valence-electron chi connectivity index (χ2n) is 7.92. The van der Waals surface area contributed by atoms with Crippen LogP contribution in [0.4, 0.5) is 4.39 Å². The van der Waals surface area contributed by atoms with Gasteiger partial charge in [-0.15, -0.1) is 0 Å². The molecular formula is C21H29FN4. The Morgan fingerprint density at radius 1 is 1.35 bits per heavy atom. The molecule has 0 aliphatic carbocycles. The van der Waals surface area contributed by atoms with E-state index in [1.807, 2.05) is 13.0 Å². The first kappa shape index (κ1) is 18.6. The normalized spacial score (nSPS) is 16.1. The Balaban J connectivity index is 2.21. The average Bonchev–Trinajstić information content (AvgIpc) is 2.95. The number of fused-ring (bicyclic) bond motifs is 1. The van der Waals surface area contributed by atoms with Crippen LogP contribution < -0.4 is 5.73 Å². The molecule has 0 saturated heterocycles. The van der Waals surface area contributed by atoms with Crippen LogP contribution in [0, 0.1) is 12.7 Å². The third-order valence-corrected chi connectivity index (χ3v) is 5.38. The maximum absolute atomic E-state index is 13.6. The molecule has 0 bridgehead atoms. The van der Waals surface area contributed by atoms with Crippen molar-refractivity contribution in [3.8, 4) is 11.3 Å². The van der Waals surface area contributed by atoms with E-state index in [4.69, 9.17) is 10.7 Å². The Hall–Kier alpha value is -2.14. The predicted molar refractivity (Wildman–Crippen MR) is 104 cm³/mol. The van der Waals surface area contributed by atoms with E-state index in [2.05, 4.69) is 43.7 Å². The number of benzene rings is 1. The monoisotopic (exact) mass is 356 g/mol. The summed E-state index contributed by atoms with van der Waals surface area (Å²) >= 11 is 0. The molecular weight excluding hydrogens is 327 g/mol. The highest BCUT2D eigenvalue weighted by molar-refractivity contribution is 5.67. The highest BCUT2D eigenvalue weighted by atomic mass is 19.1. The average molecular weight is 356 g/mol. The second kappa shape index (κ2) is 6.54. The van der Waals surface area contributed by atoms with Crippen molar-refractivity contribution in [2.24, 2.45) is 5.73 Å². The number of hydrogen-bond donors (Lipinski definition) is 1. The molecule has 0 amide bonds. The SMILES string of the molecule is C=C(CN)N1CCn2c(nc(-c3ccc(F)cc3C)c2C(C)C)C1(C)C. The lowest BCUT2D eigenvalue weighted by atomic mass is 9.97. The van der Waals surface area contributed by atoms with Gasteiger partial charge in [-0.3, -0.25) is 0 Å². The third kappa shape index (κ3) is 2.84. The molecule has 2 aromatic rings. The molecule has 0 fully saturated rings. The molecule has 2 N–H and O–H groups in total. The van der Waals surface area contributed by atoms with Gasteiger partial charge in [-0.1, -0.05) is 20.4 Å². The molecule has 0 saturated carbocycles. The van der Waals surface area contributed by atoms with Gasteiger partial charge in [-0.2, -0.15) is 0 Å². The van der Waals surface area contributed by atoms with Crippen LogP contribution in [0.5, 0.6) is 0 Å². The van der Waals surface area contributed by atoms with Crippen LogP contribution in [0.2, 0.25) is 0 Å². The van der Waals surface area contributed by atoms with E-state index < -0.39 is 0 Å². The standard InChI is InChI=1S/C21H29FN4/c1-13(2)19-18(17-8-7-16(22)11-14(17)3)24-20-21(5,6)26(15(4)12-23)10-9-25(19)20/h7-8,11,13H,4,9-10,12,23H2,1-3,5-6H3. The lowest BCUT2D eigenvalue weighted by Gasteiger charge is -2.45. The minimum Gasteiger partial charge on any atom is -0.360 e. The second-order valence-corrected chi connectivity index (χ2v) is 7.92. The van der Waals surface area contributed by atoms with E-state index in [9.17, 15) is 4.39 Å². The molecule has 1 aliphatic heterocycles. The number of aryl methyl sites for hydroxylation is 1. The largest absolute Gasteiger partial charge is 0.360 e. The Bertz CT molecular complexity index is 848. The predicted octanol–water partition coefficient (Wildman–Crippen LogP) is 4.14. The third-order valence-electron chi connectivity index (χ3n) is 5.38. The van der Waals surface area contributed by atoms with Crippen molar-refractivity contribution >= 4 is 0 Å². The summed E-state index contributed by atoms with van der Waals surface area (Å²) in [4.78, 5) is 7.32. The van der Waals surface area contributed by atoms with Crippen LogP contribution in [0.1, 0.15) is 50.7 Å². The van der Waals surface area contributed by atoms with Gasteiger partial charge in [-0.25, -0.2) is 9.37 Å². The van der Waals surface area contributed by atoms with Crippen LogP contribution in [-0.4, -0.2) is 27.5 Å². The van der Waals surface area contributed by atoms with Crippen molar-refractivity contribution in [3.63, 3.8) is 0 Å². The Kier molecular flexibility index (Phi) is 4.69. The van der Waals surface area contributed by atoms with E-state index in [1.165, 1.54) is 11.8 Å². The Morgan fingerprint density at radius 2 is 2.04 bits per heavy atom. The minimum absolute atomic E-state index is 0.216. The first-order valence-electron chi connectivity index (χ1n) is 9.21. The van der Waals surface area contributed by atoms with Gasteiger partial charge in [0.15, 0.2) is 0 Å². The van der Waals surface area contributed by atoms with Gasteiger partial charge in [0.05, 0.1) is 11.2 Å².